The van der Waals surface area contributed by atoms with E-state index < -0.39 is 17.3 Å². The molecule has 0 saturated heterocycles. The summed E-state index contributed by atoms with van der Waals surface area (Å²) in [6.07, 6.45) is 4.57. The van der Waals surface area contributed by atoms with Crippen molar-refractivity contribution in [2.24, 2.45) is 0 Å². The molecule has 0 aliphatic heterocycles. The van der Waals surface area contributed by atoms with E-state index >= 15 is 0 Å². The van der Waals surface area contributed by atoms with E-state index in [9.17, 15) is 14.3 Å². The summed E-state index contributed by atoms with van der Waals surface area (Å²) >= 11 is 1.60. The van der Waals surface area contributed by atoms with E-state index in [2.05, 4.69) is 15.5 Å². The molecular formula is C17H14FN3O2S. The van der Waals surface area contributed by atoms with Gasteiger partial charge in [-0.15, -0.1) is 11.3 Å². The average Bonchev–Trinajstić information content (AvgIpc) is 2.98. The normalized spacial score (nSPS) is 15.9. The van der Waals surface area contributed by atoms with Gasteiger partial charge in [-0.25, -0.2) is 4.39 Å². The predicted molar refractivity (Wildman–Crippen MR) is 92.1 cm³/mol. The minimum absolute atomic E-state index is 0.0417. The number of H-pyrrole nitrogens is 1. The molecule has 1 saturated carbocycles. The molecule has 7 heteroatoms. The van der Waals surface area contributed by atoms with Crippen LogP contribution in [0.25, 0.3) is 23.1 Å². The first-order chi connectivity index (χ1) is 11.5. The summed E-state index contributed by atoms with van der Waals surface area (Å²) in [6, 6.07) is 6.76. The highest BCUT2D eigenvalue weighted by Gasteiger charge is 2.48. The minimum atomic E-state index is -1.35. The van der Waals surface area contributed by atoms with E-state index in [1.807, 2.05) is 29.7 Å². The number of fused-ring (bicyclic) bond motifs is 1. The fourth-order valence-electron chi connectivity index (χ4n) is 2.41. The fourth-order valence-corrected chi connectivity index (χ4v) is 3.03. The van der Waals surface area contributed by atoms with Crippen LogP contribution in [0.1, 0.15) is 23.4 Å². The van der Waals surface area contributed by atoms with E-state index in [-0.39, 0.29) is 5.69 Å². The van der Waals surface area contributed by atoms with E-state index in [0.717, 1.165) is 4.88 Å². The third-order valence-electron chi connectivity index (χ3n) is 4.02. The number of aromatic amines is 1. The van der Waals surface area contributed by atoms with Crippen LogP contribution >= 0.6 is 11.3 Å². The van der Waals surface area contributed by atoms with Gasteiger partial charge in [-0.05, 0) is 42.5 Å². The molecule has 5 nitrogen and oxygen atoms in total. The molecule has 0 atom stereocenters. The first-order valence-corrected chi connectivity index (χ1v) is 8.36. The van der Waals surface area contributed by atoms with Crippen LogP contribution in [0.4, 0.5) is 10.1 Å². The molecule has 2 heterocycles. The highest BCUT2D eigenvalue weighted by Crippen LogP contribution is 2.36. The molecule has 3 N–H and O–H groups in total. The highest BCUT2D eigenvalue weighted by atomic mass is 32.1. The minimum Gasteiger partial charge on any atom is -0.380 e. The molecule has 0 radical (unpaired) electrons. The Morgan fingerprint density at radius 3 is 2.96 bits per heavy atom. The number of rotatable bonds is 4. The van der Waals surface area contributed by atoms with Crippen LogP contribution in [0.15, 0.2) is 29.6 Å². The number of nitrogens with zero attached hydrogens (tertiary/aromatic N) is 1. The number of anilines is 1. The van der Waals surface area contributed by atoms with Gasteiger partial charge in [0, 0.05) is 16.3 Å². The molecule has 1 amide bonds. The number of hydrogen-bond acceptors (Lipinski definition) is 4. The Morgan fingerprint density at radius 1 is 1.42 bits per heavy atom. The van der Waals surface area contributed by atoms with Crippen molar-refractivity contribution >= 4 is 46.0 Å². The quantitative estimate of drug-likeness (QED) is 0.679. The van der Waals surface area contributed by atoms with Crippen molar-refractivity contribution in [1.29, 1.82) is 0 Å². The van der Waals surface area contributed by atoms with Crippen molar-refractivity contribution in [3.8, 4) is 0 Å². The maximum absolute atomic E-state index is 14.1. The molecule has 3 aromatic rings. The maximum atomic E-state index is 14.1. The number of benzene rings is 1. The van der Waals surface area contributed by atoms with Crippen molar-refractivity contribution in [3.05, 3.63) is 46.0 Å². The first kappa shape index (κ1) is 15.0. The Labute approximate surface area is 140 Å². The number of amides is 1. The van der Waals surface area contributed by atoms with Gasteiger partial charge in [-0.3, -0.25) is 9.89 Å². The summed E-state index contributed by atoms with van der Waals surface area (Å²) in [5.74, 6) is -1.14. The van der Waals surface area contributed by atoms with Crippen LogP contribution < -0.4 is 5.32 Å². The highest BCUT2D eigenvalue weighted by molar-refractivity contribution is 7.10. The van der Waals surface area contributed by atoms with E-state index in [0.29, 0.717) is 29.4 Å². The van der Waals surface area contributed by atoms with Gasteiger partial charge < -0.3 is 10.4 Å². The zero-order chi connectivity index (χ0) is 16.7. The average molecular weight is 343 g/mol. The third-order valence-corrected chi connectivity index (χ3v) is 4.86. The molecule has 1 aliphatic carbocycles. The summed E-state index contributed by atoms with van der Waals surface area (Å²) in [4.78, 5) is 13.0. The van der Waals surface area contributed by atoms with Crippen LogP contribution in [-0.4, -0.2) is 26.8 Å². The number of carbonyl (C=O) groups is 1. The summed E-state index contributed by atoms with van der Waals surface area (Å²) < 4.78 is 14.1. The van der Waals surface area contributed by atoms with Gasteiger partial charge in [-0.2, -0.15) is 5.10 Å². The van der Waals surface area contributed by atoms with Crippen molar-refractivity contribution in [1.82, 2.24) is 10.2 Å². The van der Waals surface area contributed by atoms with Gasteiger partial charge in [-0.1, -0.05) is 6.07 Å². The molecule has 122 valence electrons. The zero-order valence-corrected chi connectivity index (χ0v) is 13.4. The second-order valence-electron chi connectivity index (χ2n) is 5.82. The summed E-state index contributed by atoms with van der Waals surface area (Å²) in [6.45, 7) is 0. The van der Waals surface area contributed by atoms with Crippen LogP contribution in [-0.2, 0) is 4.79 Å². The number of carbonyl (C=O) groups excluding carboxylic acids is 1. The van der Waals surface area contributed by atoms with Gasteiger partial charge in [0.2, 0.25) is 0 Å². The molecule has 0 spiro atoms. The Kier molecular flexibility index (Phi) is 3.47. The lowest BCUT2D eigenvalue weighted by molar-refractivity contribution is -0.125. The Bertz CT molecular complexity index is 942. The lowest BCUT2D eigenvalue weighted by Crippen LogP contribution is -2.29. The lowest BCUT2D eigenvalue weighted by atomic mass is 10.1. The molecule has 0 bridgehead atoms. The van der Waals surface area contributed by atoms with Gasteiger partial charge in [0.15, 0.2) is 0 Å². The Morgan fingerprint density at radius 2 is 2.25 bits per heavy atom. The van der Waals surface area contributed by atoms with E-state index in [4.69, 9.17) is 0 Å². The number of aliphatic hydroxyl groups is 1. The topological polar surface area (TPSA) is 78.0 Å². The predicted octanol–water partition coefficient (Wildman–Crippen LogP) is 3.40. The monoisotopic (exact) mass is 343 g/mol. The third kappa shape index (κ3) is 2.72. The molecule has 4 rings (SSSR count). The van der Waals surface area contributed by atoms with E-state index in [1.165, 1.54) is 12.1 Å². The van der Waals surface area contributed by atoms with Crippen molar-refractivity contribution in [2.45, 2.75) is 18.4 Å². The van der Waals surface area contributed by atoms with Gasteiger partial charge >= 0.3 is 0 Å². The lowest BCUT2D eigenvalue weighted by Gasteiger charge is -2.10. The number of aromatic nitrogens is 2. The molecule has 1 aliphatic rings. The first-order valence-electron chi connectivity index (χ1n) is 7.48. The molecule has 24 heavy (non-hydrogen) atoms. The number of hydrogen-bond donors (Lipinski definition) is 3. The van der Waals surface area contributed by atoms with Crippen molar-refractivity contribution < 1.29 is 14.3 Å². The second kappa shape index (κ2) is 5.54. The van der Waals surface area contributed by atoms with Crippen molar-refractivity contribution in [2.75, 3.05) is 5.32 Å². The Hall–Kier alpha value is -2.51. The van der Waals surface area contributed by atoms with Gasteiger partial charge in [0.05, 0.1) is 16.9 Å². The number of thiophene rings is 1. The molecule has 2 aromatic heterocycles. The van der Waals surface area contributed by atoms with Crippen LogP contribution in [0, 0.1) is 5.82 Å². The van der Waals surface area contributed by atoms with Crippen LogP contribution in [0.3, 0.4) is 0 Å². The fraction of sp³-hybridized carbons (Fsp3) is 0.176. The number of halogens is 1. The summed E-state index contributed by atoms with van der Waals surface area (Å²) in [5, 5.41) is 21.9. The molecule has 0 unspecified atom stereocenters. The molecule has 1 aromatic carbocycles. The molecular weight excluding hydrogens is 329 g/mol. The van der Waals surface area contributed by atoms with Crippen LogP contribution in [0.2, 0.25) is 0 Å². The molecule has 1 fully saturated rings. The largest absolute Gasteiger partial charge is 0.380 e. The van der Waals surface area contributed by atoms with Gasteiger partial charge in [0.25, 0.3) is 5.91 Å². The standard InChI is InChI=1S/C17H14FN3O2S/c18-12-9-14-11(8-15(12)19-16(22)17(23)5-6-17)13(20-21-14)4-3-10-2-1-7-24-10/h1-4,7-9,23H,5-6H2,(H,19,22)(H,20,21)/b4-3+. The zero-order valence-electron chi connectivity index (χ0n) is 12.5. The maximum Gasteiger partial charge on any atom is 0.256 e. The summed E-state index contributed by atoms with van der Waals surface area (Å²) in [5.41, 5.74) is -0.111. The number of nitrogens with one attached hydrogen (secondary N) is 2. The second-order valence-corrected chi connectivity index (χ2v) is 6.80. The summed E-state index contributed by atoms with van der Waals surface area (Å²) in [7, 11) is 0. The van der Waals surface area contributed by atoms with Crippen molar-refractivity contribution in [3.63, 3.8) is 0 Å². The Balaban J connectivity index is 1.67. The van der Waals surface area contributed by atoms with Gasteiger partial charge in [0.1, 0.15) is 11.4 Å². The van der Waals surface area contributed by atoms with Crippen LogP contribution in [0.5, 0.6) is 0 Å². The smallest absolute Gasteiger partial charge is 0.256 e. The van der Waals surface area contributed by atoms with E-state index in [1.54, 1.807) is 11.3 Å². The SMILES string of the molecule is O=C(Nc1cc2c(/C=C/c3cccs3)n[nH]c2cc1F)C1(O)CC1.